The summed E-state index contributed by atoms with van der Waals surface area (Å²) in [7, 11) is 0. The highest BCUT2D eigenvalue weighted by atomic mass is 16.5. The van der Waals surface area contributed by atoms with Gasteiger partial charge in [-0.3, -0.25) is 4.98 Å². The van der Waals surface area contributed by atoms with E-state index in [0.29, 0.717) is 6.61 Å². The van der Waals surface area contributed by atoms with Crippen LogP contribution in [0.3, 0.4) is 0 Å². The number of nitrogens with zero attached hydrogens (tertiary/aromatic N) is 1. The molecule has 0 radical (unpaired) electrons. The summed E-state index contributed by atoms with van der Waals surface area (Å²) in [5, 5.41) is 8.91. The minimum absolute atomic E-state index is 0.0551. The van der Waals surface area contributed by atoms with Crippen LogP contribution in [0.2, 0.25) is 0 Å². The van der Waals surface area contributed by atoms with Crippen molar-refractivity contribution in [2.24, 2.45) is 0 Å². The second-order valence-electron chi connectivity index (χ2n) is 2.53. The third kappa shape index (κ3) is 0.973. The van der Waals surface area contributed by atoms with E-state index in [4.69, 9.17) is 9.84 Å². The second kappa shape index (κ2) is 2.51. The van der Waals surface area contributed by atoms with Crippen LogP contribution < -0.4 is 4.74 Å². The van der Waals surface area contributed by atoms with Crippen LogP contribution in [-0.2, 0) is 13.0 Å². The molecule has 2 heterocycles. The van der Waals surface area contributed by atoms with E-state index < -0.39 is 0 Å². The van der Waals surface area contributed by atoms with E-state index in [-0.39, 0.29) is 6.61 Å². The number of hydrogen-bond acceptors (Lipinski definition) is 3. The minimum Gasteiger partial charge on any atom is -0.491 e. The van der Waals surface area contributed by atoms with Gasteiger partial charge in [0, 0.05) is 23.7 Å². The number of fused-ring (bicyclic) bond motifs is 1. The number of aliphatic hydroxyl groups is 1. The van der Waals surface area contributed by atoms with Crippen molar-refractivity contribution < 1.29 is 9.84 Å². The summed E-state index contributed by atoms with van der Waals surface area (Å²) in [5.74, 6) is 0.830. The van der Waals surface area contributed by atoms with Gasteiger partial charge in [0.05, 0.1) is 19.4 Å². The minimum atomic E-state index is 0.0551. The number of aromatic nitrogens is 1. The predicted molar refractivity (Wildman–Crippen MR) is 39.4 cm³/mol. The topological polar surface area (TPSA) is 42.4 Å². The Hall–Kier alpha value is -1.09. The summed E-state index contributed by atoms with van der Waals surface area (Å²) in [6, 6.07) is 0. The Labute approximate surface area is 64.6 Å². The molecule has 0 spiro atoms. The fraction of sp³-hybridized carbons (Fsp3) is 0.375. The number of aliphatic hydroxyl groups excluding tert-OH is 1. The van der Waals surface area contributed by atoms with Gasteiger partial charge in [0.1, 0.15) is 5.75 Å². The van der Waals surface area contributed by atoms with E-state index in [1.54, 1.807) is 12.4 Å². The molecule has 2 rings (SSSR count). The predicted octanol–water partition coefficient (Wildman–Crippen LogP) is 0.509. The highest BCUT2D eigenvalue weighted by Gasteiger charge is 2.15. The standard InChI is InChI=1S/C8H9NO2/c10-5-6-3-9-4-8-7(6)1-2-11-8/h3-4,10H,1-2,5H2. The zero-order valence-corrected chi connectivity index (χ0v) is 6.08. The van der Waals surface area contributed by atoms with E-state index >= 15 is 0 Å². The Morgan fingerprint density at radius 3 is 3.27 bits per heavy atom. The third-order valence-electron chi connectivity index (χ3n) is 1.89. The van der Waals surface area contributed by atoms with Crippen molar-refractivity contribution in [3.63, 3.8) is 0 Å². The number of pyridine rings is 1. The molecule has 0 saturated carbocycles. The lowest BCUT2D eigenvalue weighted by molar-refractivity contribution is 0.280. The first-order valence-corrected chi connectivity index (χ1v) is 3.61. The van der Waals surface area contributed by atoms with Crippen molar-refractivity contribution in [3.05, 3.63) is 23.5 Å². The van der Waals surface area contributed by atoms with Crippen LogP contribution >= 0.6 is 0 Å². The molecule has 11 heavy (non-hydrogen) atoms. The molecule has 1 N–H and O–H groups in total. The molecule has 58 valence electrons. The number of ether oxygens (including phenoxy) is 1. The van der Waals surface area contributed by atoms with Crippen molar-refractivity contribution in [1.29, 1.82) is 0 Å². The summed E-state index contributed by atoms with van der Waals surface area (Å²) < 4.78 is 5.27. The van der Waals surface area contributed by atoms with Gasteiger partial charge in [0.15, 0.2) is 0 Å². The molecule has 0 saturated heterocycles. The molecule has 0 fully saturated rings. The molecule has 0 bridgehead atoms. The Kier molecular flexibility index (Phi) is 1.51. The summed E-state index contributed by atoms with van der Waals surface area (Å²) in [6.07, 6.45) is 4.28. The highest BCUT2D eigenvalue weighted by molar-refractivity contribution is 5.39. The van der Waals surface area contributed by atoms with Crippen LogP contribution in [0.5, 0.6) is 5.75 Å². The third-order valence-corrected chi connectivity index (χ3v) is 1.89. The maximum absolute atomic E-state index is 8.91. The molecule has 3 heteroatoms. The highest BCUT2D eigenvalue weighted by Crippen LogP contribution is 2.26. The largest absolute Gasteiger partial charge is 0.491 e. The van der Waals surface area contributed by atoms with Gasteiger partial charge in [-0.2, -0.15) is 0 Å². The normalized spacial score (nSPS) is 14.3. The first-order valence-electron chi connectivity index (χ1n) is 3.61. The van der Waals surface area contributed by atoms with Crippen LogP contribution in [0, 0.1) is 0 Å². The maximum atomic E-state index is 8.91. The number of hydrogen-bond donors (Lipinski definition) is 1. The zero-order valence-electron chi connectivity index (χ0n) is 6.08. The summed E-state index contributed by atoms with van der Waals surface area (Å²) in [4.78, 5) is 3.94. The van der Waals surface area contributed by atoms with Crippen LogP contribution in [0.15, 0.2) is 12.4 Å². The van der Waals surface area contributed by atoms with Crippen LogP contribution in [0.25, 0.3) is 0 Å². The second-order valence-corrected chi connectivity index (χ2v) is 2.53. The number of rotatable bonds is 1. The van der Waals surface area contributed by atoms with E-state index in [1.807, 2.05) is 0 Å². The van der Waals surface area contributed by atoms with Crippen molar-refractivity contribution in [1.82, 2.24) is 4.98 Å². The smallest absolute Gasteiger partial charge is 0.141 e. The van der Waals surface area contributed by atoms with Crippen molar-refractivity contribution in [2.45, 2.75) is 13.0 Å². The van der Waals surface area contributed by atoms with Crippen LogP contribution in [0.4, 0.5) is 0 Å². The quantitative estimate of drug-likeness (QED) is 0.635. The van der Waals surface area contributed by atoms with Gasteiger partial charge in [0.25, 0.3) is 0 Å². The Morgan fingerprint density at radius 1 is 1.55 bits per heavy atom. The maximum Gasteiger partial charge on any atom is 0.141 e. The average Bonchev–Trinajstić information content (AvgIpc) is 2.50. The molecular formula is C8H9NO2. The van der Waals surface area contributed by atoms with E-state index in [0.717, 1.165) is 23.3 Å². The molecule has 0 atom stereocenters. The Morgan fingerprint density at radius 2 is 2.45 bits per heavy atom. The summed E-state index contributed by atoms with van der Waals surface area (Å²) >= 11 is 0. The van der Waals surface area contributed by atoms with Crippen LogP contribution in [-0.4, -0.2) is 16.7 Å². The van der Waals surface area contributed by atoms with Gasteiger partial charge < -0.3 is 9.84 Å². The Balaban J connectivity index is 2.50. The molecular weight excluding hydrogens is 142 g/mol. The lowest BCUT2D eigenvalue weighted by Crippen LogP contribution is -1.91. The molecule has 0 aliphatic carbocycles. The molecule has 0 amide bonds. The first kappa shape index (κ1) is 6.61. The van der Waals surface area contributed by atoms with Gasteiger partial charge in [-0.15, -0.1) is 0 Å². The lowest BCUT2D eigenvalue weighted by Gasteiger charge is -2.01. The molecule has 1 aromatic heterocycles. The Bertz CT molecular complexity index is 273. The molecule has 3 nitrogen and oxygen atoms in total. The molecule has 0 unspecified atom stereocenters. The van der Waals surface area contributed by atoms with E-state index in [9.17, 15) is 0 Å². The fourth-order valence-corrected chi connectivity index (χ4v) is 1.32. The van der Waals surface area contributed by atoms with Gasteiger partial charge in [-0.05, 0) is 0 Å². The molecule has 1 aromatic rings. The zero-order chi connectivity index (χ0) is 7.68. The molecule has 1 aliphatic rings. The van der Waals surface area contributed by atoms with Gasteiger partial charge in [-0.1, -0.05) is 0 Å². The SMILES string of the molecule is OCc1cncc2c1CCO2. The lowest BCUT2D eigenvalue weighted by atomic mass is 10.1. The van der Waals surface area contributed by atoms with Crippen molar-refractivity contribution >= 4 is 0 Å². The van der Waals surface area contributed by atoms with Gasteiger partial charge in [0.2, 0.25) is 0 Å². The van der Waals surface area contributed by atoms with Gasteiger partial charge >= 0.3 is 0 Å². The molecule has 1 aliphatic heterocycles. The monoisotopic (exact) mass is 151 g/mol. The summed E-state index contributed by atoms with van der Waals surface area (Å²) in [5.41, 5.74) is 2.00. The summed E-state index contributed by atoms with van der Waals surface area (Å²) in [6.45, 7) is 0.771. The van der Waals surface area contributed by atoms with Crippen molar-refractivity contribution in [3.8, 4) is 5.75 Å². The fourth-order valence-electron chi connectivity index (χ4n) is 1.32. The van der Waals surface area contributed by atoms with E-state index in [1.165, 1.54) is 0 Å². The first-order chi connectivity index (χ1) is 5.42. The average molecular weight is 151 g/mol. The van der Waals surface area contributed by atoms with Gasteiger partial charge in [-0.25, -0.2) is 0 Å². The van der Waals surface area contributed by atoms with E-state index in [2.05, 4.69) is 4.98 Å². The van der Waals surface area contributed by atoms with Crippen LogP contribution in [0.1, 0.15) is 11.1 Å². The van der Waals surface area contributed by atoms with Crippen molar-refractivity contribution in [2.75, 3.05) is 6.61 Å². The molecule has 0 aromatic carbocycles.